The van der Waals surface area contributed by atoms with Gasteiger partial charge in [0.2, 0.25) is 0 Å². The molecule has 1 saturated heterocycles. The molecule has 0 unspecified atom stereocenters. The van der Waals surface area contributed by atoms with E-state index in [1.807, 2.05) is 24.3 Å². The number of amides is 1. The summed E-state index contributed by atoms with van der Waals surface area (Å²) in [6.07, 6.45) is 0.176. The predicted octanol–water partition coefficient (Wildman–Crippen LogP) is 4.09. The van der Waals surface area contributed by atoms with Crippen LogP contribution in [-0.4, -0.2) is 47.4 Å². The Balaban J connectivity index is 2.13. The zero-order chi connectivity index (χ0) is 20.1. The molecule has 1 aliphatic heterocycles. The van der Waals surface area contributed by atoms with Gasteiger partial charge < -0.3 is 19.9 Å². The summed E-state index contributed by atoms with van der Waals surface area (Å²) in [4.78, 5) is 23.7. The maximum atomic E-state index is 12.0. The summed E-state index contributed by atoms with van der Waals surface area (Å²) < 4.78 is 10.4. The van der Waals surface area contributed by atoms with E-state index in [9.17, 15) is 14.7 Å². The number of methoxy groups -OCH3 is 1. The largest absolute Gasteiger partial charge is 0.496 e. The van der Waals surface area contributed by atoms with Crippen molar-refractivity contribution in [3.63, 3.8) is 0 Å². The fourth-order valence-electron chi connectivity index (χ4n) is 2.89. The highest BCUT2D eigenvalue weighted by atomic mass is 32.2. The van der Waals surface area contributed by atoms with Crippen LogP contribution in [0.5, 0.6) is 5.75 Å². The number of carbonyl (C=O) groups excluding carboxylic acids is 1. The van der Waals surface area contributed by atoms with Crippen LogP contribution in [0.25, 0.3) is 0 Å². The molecule has 1 aromatic carbocycles. The number of thioether (sulfide) groups is 2. The van der Waals surface area contributed by atoms with Gasteiger partial charge in [-0.3, -0.25) is 0 Å². The predicted molar refractivity (Wildman–Crippen MR) is 110 cm³/mol. The number of ether oxygens (including phenoxy) is 2. The van der Waals surface area contributed by atoms with Crippen molar-refractivity contribution >= 4 is 35.6 Å². The minimum atomic E-state index is -1.07. The Bertz CT molecular complexity index is 668. The molecule has 1 aromatic rings. The van der Waals surface area contributed by atoms with Gasteiger partial charge in [-0.1, -0.05) is 18.2 Å². The first-order chi connectivity index (χ1) is 12.7. The fourth-order valence-corrected chi connectivity index (χ4v) is 6.22. The molecule has 0 spiro atoms. The van der Waals surface area contributed by atoms with Crippen molar-refractivity contribution in [3.8, 4) is 5.75 Å². The van der Waals surface area contributed by atoms with Crippen molar-refractivity contribution in [3.05, 3.63) is 29.8 Å². The first-order valence-electron chi connectivity index (χ1n) is 8.80. The minimum Gasteiger partial charge on any atom is -0.496 e. The number of alkyl carbamates (subject to hydrolysis) is 1. The third-order valence-corrected chi connectivity index (χ3v) is 7.59. The first kappa shape index (κ1) is 21.8. The molecule has 150 valence electrons. The lowest BCUT2D eigenvalue weighted by molar-refractivity contribution is -0.139. The van der Waals surface area contributed by atoms with Gasteiger partial charge in [-0.25, -0.2) is 9.59 Å². The highest BCUT2D eigenvalue weighted by molar-refractivity contribution is 8.20. The number of benzene rings is 1. The number of carbonyl (C=O) groups is 2. The Kier molecular flexibility index (Phi) is 7.33. The average Bonchev–Trinajstić information content (AvgIpc) is 3.06. The molecule has 1 fully saturated rings. The molecule has 8 heteroatoms. The monoisotopic (exact) mass is 413 g/mol. The van der Waals surface area contributed by atoms with Crippen LogP contribution in [0.1, 0.15) is 39.2 Å². The Morgan fingerprint density at radius 2 is 1.89 bits per heavy atom. The van der Waals surface area contributed by atoms with Crippen LogP contribution in [0.3, 0.4) is 0 Å². The zero-order valence-electron chi connectivity index (χ0n) is 16.1. The van der Waals surface area contributed by atoms with E-state index in [0.29, 0.717) is 12.8 Å². The third-order valence-electron chi connectivity index (χ3n) is 4.02. The zero-order valence-corrected chi connectivity index (χ0v) is 17.7. The van der Waals surface area contributed by atoms with Crippen molar-refractivity contribution in [1.82, 2.24) is 5.32 Å². The summed E-state index contributed by atoms with van der Waals surface area (Å²) in [7, 11) is 1.64. The van der Waals surface area contributed by atoms with E-state index in [-0.39, 0.29) is 4.08 Å². The van der Waals surface area contributed by atoms with Crippen molar-refractivity contribution < 1.29 is 24.2 Å². The third kappa shape index (κ3) is 5.97. The summed E-state index contributed by atoms with van der Waals surface area (Å²) in [5.41, 5.74) is 0.379. The van der Waals surface area contributed by atoms with Crippen molar-refractivity contribution in [2.24, 2.45) is 0 Å². The van der Waals surface area contributed by atoms with Gasteiger partial charge in [0.1, 0.15) is 17.4 Å². The lowest BCUT2D eigenvalue weighted by Crippen LogP contribution is -2.44. The summed E-state index contributed by atoms with van der Waals surface area (Å²) in [6, 6.07) is 6.83. The molecule has 1 amide bonds. The van der Waals surface area contributed by atoms with Crippen LogP contribution in [-0.2, 0) is 13.6 Å². The van der Waals surface area contributed by atoms with Gasteiger partial charge >= 0.3 is 12.1 Å². The Labute approximate surface area is 168 Å². The number of carboxylic acid groups (broad SMARTS) is 1. The van der Waals surface area contributed by atoms with Crippen LogP contribution < -0.4 is 10.1 Å². The van der Waals surface area contributed by atoms with E-state index >= 15 is 0 Å². The van der Waals surface area contributed by atoms with E-state index in [1.54, 1.807) is 51.4 Å². The van der Waals surface area contributed by atoms with Crippen molar-refractivity contribution in [2.45, 2.75) is 49.3 Å². The molecular weight excluding hydrogens is 386 g/mol. The number of carboxylic acids is 1. The summed E-state index contributed by atoms with van der Waals surface area (Å²) >= 11 is 3.60. The second kappa shape index (κ2) is 9.10. The standard InChI is InChI=1S/C19H27NO5S2/c1-18(2,3)25-17(23)20-14(16(21)22)9-10-19(26-11-12-27-19)13-7-5-6-8-15(13)24-4/h5-8,14H,9-12H2,1-4H3,(H,20,23)(H,21,22)/t14-/m0/s1. The molecule has 2 N–H and O–H groups in total. The van der Waals surface area contributed by atoms with Gasteiger partial charge in [0, 0.05) is 17.1 Å². The Morgan fingerprint density at radius 3 is 2.44 bits per heavy atom. The van der Waals surface area contributed by atoms with Gasteiger partial charge in [0.15, 0.2) is 0 Å². The number of hydrogen-bond acceptors (Lipinski definition) is 6. The van der Waals surface area contributed by atoms with Crippen LogP contribution >= 0.6 is 23.5 Å². The Morgan fingerprint density at radius 1 is 1.26 bits per heavy atom. The number of nitrogens with one attached hydrogen (secondary N) is 1. The van der Waals surface area contributed by atoms with Crippen LogP contribution in [0, 0.1) is 0 Å². The van der Waals surface area contributed by atoms with Crippen molar-refractivity contribution in [2.75, 3.05) is 18.6 Å². The van der Waals surface area contributed by atoms with E-state index in [2.05, 4.69) is 5.32 Å². The maximum Gasteiger partial charge on any atom is 0.408 e. The molecule has 1 atom stereocenters. The molecule has 6 nitrogen and oxygen atoms in total. The second-order valence-electron chi connectivity index (χ2n) is 7.23. The molecule has 0 aromatic heterocycles. The smallest absolute Gasteiger partial charge is 0.408 e. The number of hydrogen-bond donors (Lipinski definition) is 2. The lowest BCUT2D eigenvalue weighted by atomic mass is 10.0. The molecule has 1 heterocycles. The Hall–Kier alpha value is -1.54. The van der Waals surface area contributed by atoms with Gasteiger partial charge in [-0.15, -0.1) is 23.5 Å². The molecule has 2 rings (SSSR count). The number of para-hydroxylation sites is 1. The van der Waals surface area contributed by atoms with E-state index in [4.69, 9.17) is 9.47 Å². The fraction of sp³-hybridized carbons (Fsp3) is 0.579. The highest BCUT2D eigenvalue weighted by Gasteiger charge is 2.40. The quantitative estimate of drug-likeness (QED) is 0.696. The average molecular weight is 414 g/mol. The number of aliphatic carboxylic acids is 1. The SMILES string of the molecule is COc1ccccc1C1(CC[C@H](NC(=O)OC(C)(C)C)C(=O)O)SCCS1. The highest BCUT2D eigenvalue weighted by Crippen LogP contribution is 2.57. The number of rotatable bonds is 7. The molecule has 0 radical (unpaired) electrons. The normalized spacial score (nSPS) is 17.2. The summed E-state index contributed by atoms with van der Waals surface area (Å²) in [6.45, 7) is 5.22. The molecule has 0 saturated carbocycles. The molecule has 0 bridgehead atoms. The molecule has 1 aliphatic rings. The van der Waals surface area contributed by atoms with Gasteiger partial charge in [0.25, 0.3) is 0 Å². The molecule has 27 heavy (non-hydrogen) atoms. The topological polar surface area (TPSA) is 84.9 Å². The van der Waals surface area contributed by atoms with Gasteiger partial charge in [-0.05, 0) is 39.7 Å². The summed E-state index contributed by atoms with van der Waals surface area (Å²) in [5, 5.41) is 12.0. The second-order valence-corrected chi connectivity index (χ2v) is 10.3. The van der Waals surface area contributed by atoms with E-state index < -0.39 is 23.7 Å². The van der Waals surface area contributed by atoms with E-state index in [1.165, 1.54) is 0 Å². The van der Waals surface area contributed by atoms with Crippen LogP contribution in [0.4, 0.5) is 4.79 Å². The summed E-state index contributed by atoms with van der Waals surface area (Å²) in [5.74, 6) is 1.70. The lowest BCUT2D eigenvalue weighted by Gasteiger charge is -2.30. The minimum absolute atomic E-state index is 0.282. The first-order valence-corrected chi connectivity index (χ1v) is 10.8. The molecule has 0 aliphatic carbocycles. The van der Waals surface area contributed by atoms with Crippen molar-refractivity contribution in [1.29, 1.82) is 0 Å². The van der Waals surface area contributed by atoms with Gasteiger partial charge in [0.05, 0.1) is 11.2 Å². The van der Waals surface area contributed by atoms with Crippen LogP contribution in [0.2, 0.25) is 0 Å². The maximum absolute atomic E-state index is 12.0. The van der Waals surface area contributed by atoms with Gasteiger partial charge in [-0.2, -0.15) is 0 Å². The van der Waals surface area contributed by atoms with Crippen LogP contribution in [0.15, 0.2) is 24.3 Å². The molecular formula is C19H27NO5S2. The van der Waals surface area contributed by atoms with E-state index in [0.717, 1.165) is 22.8 Å².